The van der Waals surface area contributed by atoms with E-state index in [0.29, 0.717) is 22.5 Å². The summed E-state index contributed by atoms with van der Waals surface area (Å²) in [4.78, 5) is 0. The van der Waals surface area contributed by atoms with Gasteiger partial charge in [-0.25, -0.2) is 0 Å². The predicted molar refractivity (Wildman–Crippen MR) is 168 cm³/mol. The summed E-state index contributed by atoms with van der Waals surface area (Å²) >= 11 is 2.51. The van der Waals surface area contributed by atoms with Gasteiger partial charge in [-0.1, -0.05) is 78.0 Å². The predicted octanol–water partition coefficient (Wildman–Crippen LogP) is 8.60. The molecule has 0 heterocycles. The van der Waals surface area contributed by atoms with Gasteiger partial charge in [0.25, 0.3) is 8.32 Å². The molecule has 0 fully saturated rings. The van der Waals surface area contributed by atoms with Crippen LogP contribution in [0.5, 0.6) is 0 Å². The van der Waals surface area contributed by atoms with Gasteiger partial charge < -0.3 is 8.85 Å². The monoisotopic (exact) mass is 846 g/mol. The minimum absolute atomic E-state index is 0. The summed E-state index contributed by atoms with van der Waals surface area (Å²) in [5.74, 6) is 1.16. The van der Waals surface area contributed by atoms with Gasteiger partial charge in [0.05, 0.1) is 6.26 Å². The summed E-state index contributed by atoms with van der Waals surface area (Å²) in [6.45, 7) is 52.4. The smallest absolute Gasteiger partial charge is 0 e. The van der Waals surface area contributed by atoms with Crippen LogP contribution in [0.1, 0.15) is 68.2 Å². The van der Waals surface area contributed by atoms with Crippen LogP contribution in [0.3, 0.4) is 0 Å². The van der Waals surface area contributed by atoms with Crippen molar-refractivity contribution in [2.45, 2.75) is 104 Å². The van der Waals surface area contributed by atoms with Crippen molar-refractivity contribution in [3.63, 3.8) is 0 Å². The molecule has 0 bridgehead atoms. The van der Waals surface area contributed by atoms with Gasteiger partial charge in [0, 0.05) is 50.0 Å². The van der Waals surface area contributed by atoms with Crippen LogP contribution in [0.25, 0.3) is 0 Å². The van der Waals surface area contributed by atoms with Gasteiger partial charge in [-0.2, -0.15) is 0 Å². The van der Waals surface area contributed by atoms with Crippen LogP contribution in [0.4, 0.5) is 0 Å². The molecule has 1 aliphatic rings. The molecule has 0 saturated carbocycles. The Hall–Kier alpha value is -0.563. The fourth-order valence-corrected chi connectivity index (χ4v) is 10.9. The standard InChI is InChI=1S/C25H45IO2Si2.6CO.2Co/c1-19(2)30(20(3)4,21(5)6)27-17-22-13-12-14-24(28-29(9,10)11)15-23(22)16-25(7,8)18-26;6*1-2;;/h15,17,19-21,23H,13,16,18H2,1-11H3;;;;;;;;/b22-17+;;;;;;;;. The summed E-state index contributed by atoms with van der Waals surface area (Å²) in [7, 11) is -3.65. The van der Waals surface area contributed by atoms with Crippen molar-refractivity contribution in [2.24, 2.45) is 11.3 Å². The first-order chi connectivity index (χ1) is 19.6. The number of hydrogen-bond acceptors (Lipinski definition) is 2. The molecule has 0 aromatic heterocycles. The molecule has 0 aromatic carbocycles. The third-order valence-corrected chi connectivity index (χ3v) is 14.8. The van der Waals surface area contributed by atoms with Gasteiger partial charge in [-0.3, -0.25) is 0 Å². The van der Waals surface area contributed by atoms with E-state index in [1.807, 2.05) is 0 Å². The van der Waals surface area contributed by atoms with Crippen LogP contribution in [0, 0.1) is 63.4 Å². The first kappa shape index (κ1) is 62.3. The first-order valence-electron chi connectivity index (χ1n) is 12.7. The van der Waals surface area contributed by atoms with E-state index < -0.39 is 16.6 Å². The van der Waals surface area contributed by atoms with E-state index in [2.05, 4.69) is 162 Å². The van der Waals surface area contributed by atoms with E-state index in [1.165, 1.54) is 5.57 Å². The SMILES string of the molecule is CC(C)[Si](O/C=C1\C[C]=[C]C(O[Si](C)(C)C)=CC1CC(C)(C)CI)(C(C)C)C(C)C.[C-]#[O+].[C-]#[O+].[C-]#[O+].[C-]#[O+].[C-]#[O+].[C-]#[O+].[Co].[Co]. The third kappa shape index (κ3) is 26.6. The Balaban J connectivity index is -0.000000137. The van der Waals surface area contributed by atoms with Gasteiger partial charge in [-0.15, -0.1) is 0 Å². The average molecular weight is 847 g/mol. The number of halogens is 1. The maximum Gasteiger partial charge on any atom is 0 e. The number of rotatable bonds is 10. The first-order valence-corrected chi connectivity index (χ1v) is 19.8. The molecule has 44 heavy (non-hydrogen) atoms. The molecule has 1 aliphatic carbocycles. The quantitative estimate of drug-likeness (QED) is 0.0543. The van der Waals surface area contributed by atoms with Gasteiger partial charge in [-0.05, 0) is 72.2 Å². The normalized spacial score (nSPS) is 14.0. The maximum absolute atomic E-state index is 7.50. The van der Waals surface area contributed by atoms with Crippen molar-refractivity contribution in [1.82, 2.24) is 0 Å². The molecule has 0 aromatic rings. The number of allylic oxidation sites excluding steroid dienone is 4. The second kappa shape index (κ2) is 36.9. The second-order valence-electron chi connectivity index (χ2n) is 11.5. The largest absolute Gasteiger partial charge is 0 e. The Bertz CT molecular complexity index is 843. The molecular formula is C31H45Co2IO8Si2. The van der Waals surface area contributed by atoms with Crippen LogP contribution in [-0.4, -0.2) is 21.1 Å². The van der Waals surface area contributed by atoms with Crippen molar-refractivity contribution in [3.8, 4) is 0 Å². The molecule has 4 radical (unpaired) electrons. The molecule has 0 N–H and O–H groups in total. The topological polar surface area (TPSA) is 138 Å². The van der Waals surface area contributed by atoms with Crippen LogP contribution in [-0.2, 0) is 70.3 Å². The Kier molecular flexibility index (Phi) is 52.2. The summed E-state index contributed by atoms with van der Waals surface area (Å²) in [5.41, 5.74) is 3.26. The van der Waals surface area contributed by atoms with E-state index >= 15 is 0 Å². The zero-order valence-electron chi connectivity index (χ0n) is 27.4. The van der Waals surface area contributed by atoms with Crippen molar-refractivity contribution in [1.29, 1.82) is 0 Å². The molecule has 0 saturated heterocycles. The molecular weight excluding hydrogens is 801 g/mol. The van der Waals surface area contributed by atoms with Crippen molar-refractivity contribution in [2.75, 3.05) is 4.43 Å². The Morgan fingerprint density at radius 3 is 1.50 bits per heavy atom. The number of hydrogen-bond donors (Lipinski definition) is 0. The van der Waals surface area contributed by atoms with Crippen molar-refractivity contribution in [3.05, 3.63) is 75.7 Å². The van der Waals surface area contributed by atoms with Crippen LogP contribution in [0.15, 0.2) is 23.7 Å². The van der Waals surface area contributed by atoms with Gasteiger partial charge in [0.1, 0.15) is 5.76 Å². The number of alkyl halides is 1. The molecule has 1 atom stereocenters. The van der Waals surface area contributed by atoms with E-state index in [-0.39, 0.29) is 39.0 Å². The molecule has 13 heteroatoms. The Morgan fingerprint density at radius 1 is 0.841 bits per heavy atom. The van der Waals surface area contributed by atoms with Crippen molar-refractivity contribution >= 4 is 39.2 Å². The van der Waals surface area contributed by atoms with Crippen LogP contribution >= 0.6 is 22.6 Å². The fourth-order valence-electron chi connectivity index (χ4n) is 4.64. The molecule has 250 valence electrons. The molecule has 0 aliphatic heterocycles. The Morgan fingerprint density at radius 2 is 1.20 bits per heavy atom. The average Bonchev–Trinajstić information content (AvgIpc) is 3.14. The van der Waals surface area contributed by atoms with Crippen LogP contribution < -0.4 is 0 Å². The fraction of sp³-hybridized carbons (Fsp3) is 0.613. The summed E-state index contributed by atoms with van der Waals surface area (Å²) in [5, 5.41) is 0. The molecule has 8 nitrogen and oxygen atoms in total. The van der Waals surface area contributed by atoms with Gasteiger partial charge >= 0.3 is 67.8 Å². The zero-order chi connectivity index (χ0) is 35.3. The second-order valence-corrected chi connectivity index (χ2v) is 22.1. The molecule has 0 amide bonds. The van der Waals surface area contributed by atoms with Crippen LogP contribution in [0.2, 0.25) is 36.3 Å². The summed E-state index contributed by atoms with van der Waals surface area (Å²) in [6, 6.07) is 0. The van der Waals surface area contributed by atoms with Gasteiger partial charge in [0.2, 0.25) is 8.32 Å². The molecule has 1 rings (SSSR count). The minimum Gasteiger partial charge on any atom is 0 e. The van der Waals surface area contributed by atoms with E-state index in [0.717, 1.165) is 23.0 Å². The third-order valence-electron chi connectivity index (χ3n) is 6.00. The maximum atomic E-state index is 7.50. The van der Waals surface area contributed by atoms with Gasteiger partial charge in [0.15, 0.2) is 0 Å². The van der Waals surface area contributed by atoms with E-state index in [4.69, 9.17) is 36.8 Å². The van der Waals surface area contributed by atoms with Crippen molar-refractivity contribution < 1.29 is 70.3 Å². The molecule has 1 unspecified atom stereocenters. The van der Waals surface area contributed by atoms with E-state index in [9.17, 15) is 0 Å². The Labute approximate surface area is 303 Å². The summed E-state index contributed by atoms with van der Waals surface area (Å²) < 4.78 is 59.3. The minimum atomic E-state index is -1.95. The summed E-state index contributed by atoms with van der Waals surface area (Å²) in [6.07, 6.45) is 12.9. The zero-order valence-corrected chi connectivity index (χ0v) is 33.6. The molecule has 0 spiro atoms. The van der Waals surface area contributed by atoms with E-state index in [1.54, 1.807) is 0 Å².